The van der Waals surface area contributed by atoms with Crippen LogP contribution in [0.1, 0.15) is 21.7 Å². The maximum absolute atomic E-state index is 13.4. The van der Waals surface area contributed by atoms with Crippen LogP contribution in [0.5, 0.6) is 0 Å². The molecule has 2 aromatic rings. The van der Waals surface area contributed by atoms with Gasteiger partial charge in [-0.2, -0.15) is 0 Å². The van der Waals surface area contributed by atoms with Crippen LogP contribution in [0.3, 0.4) is 0 Å². The van der Waals surface area contributed by atoms with Crippen molar-refractivity contribution in [1.29, 1.82) is 0 Å². The highest BCUT2D eigenvalue weighted by Crippen LogP contribution is 2.10. The van der Waals surface area contributed by atoms with Gasteiger partial charge in [-0.1, -0.05) is 23.4 Å². The minimum Gasteiger partial charge on any atom is -0.296 e. The van der Waals surface area contributed by atoms with Gasteiger partial charge in [0.15, 0.2) is 6.29 Å². The summed E-state index contributed by atoms with van der Waals surface area (Å²) in [5, 5.41) is 7.47. The Morgan fingerprint density at radius 3 is 2.81 bits per heavy atom. The molecule has 0 aliphatic rings. The summed E-state index contributed by atoms with van der Waals surface area (Å²) < 4.78 is 14.9. The zero-order valence-electron chi connectivity index (χ0n) is 8.72. The highest BCUT2D eigenvalue weighted by molar-refractivity contribution is 5.72. The lowest BCUT2D eigenvalue weighted by Gasteiger charge is -2.04. The topological polar surface area (TPSA) is 47.8 Å². The molecule has 0 fully saturated rings. The van der Waals surface area contributed by atoms with E-state index in [-0.39, 0.29) is 18.1 Å². The van der Waals surface area contributed by atoms with Crippen molar-refractivity contribution in [1.82, 2.24) is 15.0 Å². The Bertz CT molecular complexity index is 522. The Balaban J connectivity index is 2.31. The largest absolute Gasteiger partial charge is 0.296 e. The monoisotopic (exact) mass is 219 g/mol. The smallest absolute Gasteiger partial charge is 0.172 e. The van der Waals surface area contributed by atoms with Crippen LogP contribution in [-0.4, -0.2) is 21.3 Å². The molecule has 1 aromatic heterocycles. The minimum absolute atomic E-state index is 0.277. The van der Waals surface area contributed by atoms with E-state index in [2.05, 4.69) is 10.3 Å². The lowest BCUT2D eigenvalue weighted by molar-refractivity contribution is 0.111. The second-order valence-corrected chi connectivity index (χ2v) is 3.43. The number of rotatable bonds is 3. The molecule has 0 bridgehead atoms. The van der Waals surface area contributed by atoms with Crippen molar-refractivity contribution < 1.29 is 9.18 Å². The van der Waals surface area contributed by atoms with E-state index in [0.717, 1.165) is 0 Å². The number of halogens is 1. The Morgan fingerprint density at radius 2 is 2.19 bits per heavy atom. The van der Waals surface area contributed by atoms with Crippen molar-refractivity contribution in [2.45, 2.75) is 13.5 Å². The SMILES string of the molecule is Cc1c(C=O)nnn1Cc1ccccc1F. The maximum Gasteiger partial charge on any atom is 0.172 e. The average Bonchev–Trinajstić information content (AvgIpc) is 2.63. The van der Waals surface area contributed by atoms with Gasteiger partial charge >= 0.3 is 0 Å². The summed E-state index contributed by atoms with van der Waals surface area (Å²) in [5.74, 6) is -0.287. The normalized spacial score (nSPS) is 10.4. The molecule has 0 unspecified atom stereocenters. The number of benzene rings is 1. The molecule has 1 aromatic carbocycles. The van der Waals surface area contributed by atoms with Crippen LogP contribution in [0.25, 0.3) is 0 Å². The van der Waals surface area contributed by atoms with Gasteiger partial charge < -0.3 is 0 Å². The number of hydrogen-bond acceptors (Lipinski definition) is 3. The van der Waals surface area contributed by atoms with Gasteiger partial charge in [0.1, 0.15) is 11.5 Å². The third-order valence-electron chi connectivity index (χ3n) is 2.41. The highest BCUT2D eigenvalue weighted by atomic mass is 19.1. The molecular formula is C11H10FN3O. The summed E-state index contributed by atoms with van der Waals surface area (Å²) in [5.41, 5.74) is 1.45. The van der Waals surface area contributed by atoms with Crippen LogP contribution in [0, 0.1) is 12.7 Å². The van der Waals surface area contributed by atoms with E-state index in [0.29, 0.717) is 17.5 Å². The first-order valence-corrected chi connectivity index (χ1v) is 4.81. The number of carbonyl (C=O) groups excluding carboxylic acids is 1. The van der Waals surface area contributed by atoms with Crippen LogP contribution in [0.4, 0.5) is 4.39 Å². The molecule has 0 atom stereocenters. The van der Waals surface area contributed by atoms with Gasteiger partial charge in [-0.05, 0) is 13.0 Å². The van der Waals surface area contributed by atoms with Crippen LogP contribution in [0.15, 0.2) is 24.3 Å². The van der Waals surface area contributed by atoms with Crippen molar-refractivity contribution in [3.63, 3.8) is 0 Å². The van der Waals surface area contributed by atoms with Crippen LogP contribution in [-0.2, 0) is 6.54 Å². The summed E-state index contributed by atoms with van der Waals surface area (Å²) in [7, 11) is 0. The van der Waals surface area contributed by atoms with Crippen molar-refractivity contribution in [2.75, 3.05) is 0 Å². The van der Waals surface area contributed by atoms with E-state index in [1.54, 1.807) is 25.1 Å². The van der Waals surface area contributed by atoms with Gasteiger partial charge in [0.25, 0.3) is 0 Å². The van der Waals surface area contributed by atoms with Crippen molar-refractivity contribution in [3.05, 3.63) is 47.0 Å². The average molecular weight is 219 g/mol. The van der Waals surface area contributed by atoms with Gasteiger partial charge in [-0.15, -0.1) is 5.10 Å². The van der Waals surface area contributed by atoms with E-state index < -0.39 is 0 Å². The van der Waals surface area contributed by atoms with E-state index >= 15 is 0 Å². The molecule has 5 heteroatoms. The molecule has 0 aliphatic carbocycles. The maximum atomic E-state index is 13.4. The molecule has 0 aliphatic heterocycles. The van der Waals surface area contributed by atoms with Gasteiger partial charge in [-0.25, -0.2) is 9.07 Å². The van der Waals surface area contributed by atoms with Gasteiger partial charge in [0.2, 0.25) is 0 Å². The molecule has 2 rings (SSSR count). The van der Waals surface area contributed by atoms with Gasteiger partial charge in [0.05, 0.1) is 12.2 Å². The number of carbonyl (C=O) groups is 1. The summed E-state index contributed by atoms with van der Waals surface area (Å²) >= 11 is 0. The first kappa shape index (κ1) is 10.5. The lowest BCUT2D eigenvalue weighted by Crippen LogP contribution is -2.05. The second kappa shape index (κ2) is 4.22. The predicted molar refractivity (Wildman–Crippen MR) is 55.6 cm³/mol. The molecule has 0 N–H and O–H groups in total. The summed E-state index contributed by atoms with van der Waals surface area (Å²) in [6.45, 7) is 2.00. The number of nitrogens with zero attached hydrogens (tertiary/aromatic N) is 3. The number of aldehydes is 1. The molecular weight excluding hydrogens is 209 g/mol. The first-order valence-electron chi connectivity index (χ1n) is 4.81. The van der Waals surface area contributed by atoms with E-state index in [1.807, 2.05) is 0 Å². The zero-order valence-corrected chi connectivity index (χ0v) is 8.72. The summed E-state index contributed by atoms with van der Waals surface area (Å²) in [6.07, 6.45) is 0.639. The molecule has 0 saturated heterocycles. The summed E-state index contributed by atoms with van der Waals surface area (Å²) in [4.78, 5) is 10.6. The number of aromatic nitrogens is 3. The Hall–Kier alpha value is -2.04. The molecule has 0 radical (unpaired) electrons. The van der Waals surface area contributed by atoms with Crippen LogP contribution >= 0.6 is 0 Å². The Kier molecular flexibility index (Phi) is 2.76. The molecule has 0 amide bonds. The number of hydrogen-bond donors (Lipinski definition) is 0. The zero-order chi connectivity index (χ0) is 11.5. The summed E-state index contributed by atoms with van der Waals surface area (Å²) in [6, 6.07) is 6.45. The lowest BCUT2D eigenvalue weighted by atomic mass is 10.2. The van der Waals surface area contributed by atoms with E-state index in [1.165, 1.54) is 10.7 Å². The second-order valence-electron chi connectivity index (χ2n) is 3.43. The van der Waals surface area contributed by atoms with Gasteiger partial charge in [0, 0.05) is 5.56 Å². The molecule has 4 nitrogen and oxygen atoms in total. The molecule has 16 heavy (non-hydrogen) atoms. The Morgan fingerprint density at radius 1 is 1.44 bits per heavy atom. The first-order chi connectivity index (χ1) is 7.72. The van der Waals surface area contributed by atoms with Crippen molar-refractivity contribution in [3.8, 4) is 0 Å². The molecule has 1 heterocycles. The highest BCUT2D eigenvalue weighted by Gasteiger charge is 2.09. The predicted octanol–water partition coefficient (Wildman–Crippen LogP) is 1.59. The standard InChI is InChI=1S/C11H10FN3O/c1-8-11(7-16)13-14-15(8)6-9-4-2-3-5-10(9)12/h2-5,7H,6H2,1H3. The minimum atomic E-state index is -0.287. The van der Waals surface area contributed by atoms with Crippen molar-refractivity contribution in [2.24, 2.45) is 0 Å². The fourth-order valence-electron chi connectivity index (χ4n) is 1.42. The van der Waals surface area contributed by atoms with Crippen LogP contribution in [0.2, 0.25) is 0 Å². The molecule has 82 valence electrons. The van der Waals surface area contributed by atoms with Crippen LogP contribution < -0.4 is 0 Å². The fraction of sp³-hybridized carbons (Fsp3) is 0.182. The van der Waals surface area contributed by atoms with E-state index in [9.17, 15) is 9.18 Å². The molecule has 0 spiro atoms. The molecule has 0 saturated carbocycles. The quantitative estimate of drug-likeness (QED) is 0.736. The Labute approximate surface area is 91.7 Å². The third-order valence-corrected chi connectivity index (χ3v) is 2.41. The van der Waals surface area contributed by atoms with Crippen molar-refractivity contribution >= 4 is 6.29 Å². The fourth-order valence-corrected chi connectivity index (χ4v) is 1.42. The van der Waals surface area contributed by atoms with Gasteiger partial charge in [-0.3, -0.25) is 4.79 Å². The van der Waals surface area contributed by atoms with E-state index in [4.69, 9.17) is 0 Å². The third kappa shape index (κ3) is 1.84.